The van der Waals surface area contributed by atoms with Crippen LogP contribution in [-0.4, -0.2) is 11.2 Å². The highest BCUT2D eigenvalue weighted by atomic mass is 35.5. The van der Waals surface area contributed by atoms with E-state index < -0.39 is 0 Å². The monoisotopic (exact) mass is 530 g/mol. The van der Waals surface area contributed by atoms with Crippen LogP contribution in [0.15, 0.2) is 51.6 Å². The Balaban J connectivity index is 0.000000497. The lowest BCUT2D eigenvalue weighted by Crippen LogP contribution is -2.23. The molecule has 0 fully saturated rings. The third kappa shape index (κ3) is 9.26. The maximum absolute atomic E-state index is 14.8. The van der Waals surface area contributed by atoms with Gasteiger partial charge in [-0.1, -0.05) is 87.8 Å². The van der Waals surface area contributed by atoms with Crippen molar-refractivity contribution in [3.8, 4) is 0 Å². The minimum absolute atomic E-state index is 0.0857. The van der Waals surface area contributed by atoms with Gasteiger partial charge in [-0.05, 0) is 75.3 Å². The molecule has 2 aromatic rings. The Bertz CT molecular complexity index is 1230. The Hall–Kier alpha value is -2.36. The largest absolute Gasteiger partial charge is 0.358 e. The van der Waals surface area contributed by atoms with Crippen LogP contribution >= 0.6 is 23.2 Å². The van der Waals surface area contributed by atoms with Crippen molar-refractivity contribution in [1.82, 2.24) is 4.98 Å². The molecular formula is C31H41Cl2FN2. The lowest BCUT2D eigenvalue weighted by Gasteiger charge is -2.16. The van der Waals surface area contributed by atoms with E-state index >= 15 is 0 Å². The maximum atomic E-state index is 14.8. The van der Waals surface area contributed by atoms with Crippen LogP contribution in [0.1, 0.15) is 87.7 Å². The predicted octanol–water partition coefficient (Wildman–Crippen LogP) is 8.72. The quantitative estimate of drug-likeness (QED) is 0.314. The molecule has 36 heavy (non-hydrogen) atoms. The normalized spacial score (nSPS) is 13.7. The number of hydrogen-bond donors (Lipinski definition) is 1. The van der Waals surface area contributed by atoms with Crippen molar-refractivity contribution in [2.45, 2.75) is 80.1 Å². The average Bonchev–Trinajstić information content (AvgIpc) is 3.14. The molecule has 1 atom stereocenters. The molecule has 2 rings (SSSR count). The number of allylic oxidation sites excluding steroid dienone is 5. The molecule has 1 N–H and O–H groups in total. The van der Waals surface area contributed by atoms with Crippen LogP contribution in [-0.2, 0) is 6.42 Å². The Labute approximate surface area is 227 Å². The van der Waals surface area contributed by atoms with E-state index in [1.165, 1.54) is 5.56 Å². The van der Waals surface area contributed by atoms with Gasteiger partial charge < -0.3 is 4.98 Å². The first kappa shape index (κ1) is 31.7. The molecule has 0 spiro atoms. The molecule has 0 radical (unpaired) electrons. The summed E-state index contributed by atoms with van der Waals surface area (Å²) >= 11 is 11.7. The van der Waals surface area contributed by atoms with Crippen LogP contribution in [0.2, 0.25) is 0 Å². The lowest BCUT2D eigenvalue weighted by atomic mass is 9.90. The Kier molecular flexibility index (Phi) is 13.8. The highest BCUT2D eigenvalue weighted by molar-refractivity contribution is 6.39. The van der Waals surface area contributed by atoms with Gasteiger partial charge in [0.25, 0.3) is 0 Å². The van der Waals surface area contributed by atoms with E-state index in [1.54, 1.807) is 6.21 Å². The van der Waals surface area contributed by atoms with E-state index in [-0.39, 0.29) is 11.7 Å². The zero-order valence-corrected chi connectivity index (χ0v) is 24.4. The number of hydrogen-bond acceptors (Lipinski definition) is 1. The molecule has 0 bridgehead atoms. The summed E-state index contributed by atoms with van der Waals surface area (Å²) in [4.78, 5) is 7.50. The molecule has 1 unspecified atom stereocenters. The van der Waals surface area contributed by atoms with Gasteiger partial charge in [0.05, 0.1) is 5.03 Å². The molecular weight excluding hydrogens is 490 g/mol. The summed E-state index contributed by atoms with van der Waals surface area (Å²) in [5, 5.41) is 2.94. The van der Waals surface area contributed by atoms with E-state index in [1.807, 2.05) is 58.9 Å². The highest BCUT2D eigenvalue weighted by Crippen LogP contribution is 2.29. The fourth-order valence-electron chi connectivity index (χ4n) is 3.83. The van der Waals surface area contributed by atoms with Gasteiger partial charge in [0, 0.05) is 39.1 Å². The smallest absolute Gasteiger partial charge is 0.130 e. The summed E-state index contributed by atoms with van der Waals surface area (Å²) in [6.07, 6.45) is 11.4. The molecule has 0 saturated carbocycles. The van der Waals surface area contributed by atoms with Crippen molar-refractivity contribution in [3.63, 3.8) is 0 Å². The minimum Gasteiger partial charge on any atom is -0.358 e. The number of aromatic nitrogens is 1. The fraction of sp³-hybridized carbons (Fsp3) is 0.387. The summed E-state index contributed by atoms with van der Waals surface area (Å²) in [6, 6.07) is 3.87. The molecule has 0 aliphatic rings. The maximum Gasteiger partial charge on any atom is 0.130 e. The van der Waals surface area contributed by atoms with Gasteiger partial charge in [-0.15, -0.1) is 0 Å². The lowest BCUT2D eigenvalue weighted by molar-refractivity contribution is 0.590. The molecule has 2 nitrogen and oxygen atoms in total. The van der Waals surface area contributed by atoms with Gasteiger partial charge in [-0.2, -0.15) is 0 Å². The Morgan fingerprint density at radius 2 is 1.89 bits per heavy atom. The number of aliphatic imine (C=N–C) groups is 1. The molecule has 0 aliphatic heterocycles. The van der Waals surface area contributed by atoms with Crippen LogP contribution in [0.5, 0.6) is 0 Å². The van der Waals surface area contributed by atoms with Gasteiger partial charge in [-0.25, -0.2) is 4.39 Å². The van der Waals surface area contributed by atoms with E-state index in [2.05, 4.69) is 43.1 Å². The first-order chi connectivity index (χ1) is 17.0. The summed E-state index contributed by atoms with van der Waals surface area (Å²) in [6.45, 7) is 21.8. The van der Waals surface area contributed by atoms with Crippen LogP contribution in [0.3, 0.4) is 0 Å². The number of halogens is 3. The first-order valence-electron chi connectivity index (χ1n) is 12.5. The van der Waals surface area contributed by atoms with Gasteiger partial charge in [0.1, 0.15) is 5.82 Å². The average molecular weight is 532 g/mol. The van der Waals surface area contributed by atoms with Crippen molar-refractivity contribution < 1.29 is 4.39 Å². The number of unbranched alkanes of at least 4 members (excludes halogenated alkanes) is 1. The number of aryl methyl sites for hydroxylation is 1. The van der Waals surface area contributed by atoms with E-state index in [0.717, 1.165) is 53.2 Å². The fourth-order valence-corrected chi connectivity index (χ4v) is 3.99. The minimum atomic E-state index is -0.124. The number of aromatic amines is 1. The van der Waals surface area contributed by atoms with Gasteiger partial charge in [-0.3, -0.25) is 4.99 Å². The number of nitrogens with zero attached hydrogens (tertiary/aromatic N) is 1. The van der Waals surface area contributed by atoms with Gasteiger partial charge in [0.2, 0.25) is 0 Å². The SMILES string of the molecule is C=C(Cl)/C=c1/c(CCCC)c(C(C)c2ccc(C)c(C)c2F)[nH]c1=C.C\C=C(Cl)/C=N/C(C)=C/CC. The molecule has 1 aromatic heterocycles. The standard InChI is InChI=1S/C22H27ClFN.C9H14ClN/c1-7-8-9-19-20(12-14(3)23)17(6)25-22(19)16(5)18-11-10-13(2)15(4)21(18)24;1-4-6-8(3)11-7-9(10)5-2/h10-12,16,25H,3,6-9H2,1-2,4-5H3;5-7H,4H2,1-3H3/b20-12+;8-6+,9-5+,11-7+. The van der Waals surface area contributed by atoms with Crippen molar-refractivity contribution in [1.29, 1.82) is 0 Å². The van der Waals surface area contributed by atoms with Crippen molar-refractivity contribution in [3.05, 3.63) is 91.0 Å². The van der Waals surface area contributed by atoms with Crippen molar-refractivity contribution in [2.75, 3.05) is 0 Å². The summed E-state index contributed by atoms with van der Waals surface area (Å²) in [7, 11) is 0. The molecule has 0 saturated heterocycles. The second kappa shape index (κ2) is 15.7. The topological polar surface area (TPSA) is 28.1 Å². The molecule has 5 heteroatoms. The third-order valence-electron chi connectivity index (χ3n) is 6.10. The summed E-state index contributed by atoms with van der Waals surface area (Å²) in [5.41, 5.74) is 5.58. The number of nitrogens with one attached hydrogen (secondary N) is 1. The van der Waals surface area contributed by atoms with Gasteiger partial charge >= 0.3 is 0 Å². The number of H-pyrrole nitrogens is 1. The zero-order valence-electron chi connectivity index (χ0n) is 22.9. The molecule has 1 aromatic carbocycles. The highest BCUT2D eigenvalue weighted by Gasteiger charge is 2.20. The van der Waals surface area contributed by atoms with Crippen LogP contribution in [0.4, 0.5) is 4.39 Å². The Morgan fingerprint density at radius 1 is 1.22 bits per heavy atom. The molecule has 1 heterocycles. The van der Waals surface area contributed by atoms with E-state index in [0.29, 0.717) is 21.2 Å². The van der Waals surface area contributed by atoms with Gasteiger partial charge in [0.15, 0.2) is 0 Å². The van der Waals surface area contributed by atoms with Crippen LogP contribution in [0.25, 0.3) is 12.7 Å². The zero-order chi connectivity index (χ0) is 27.4. The van der Waals surface area contributed by atoms with Crippen LogP contribution in [0, 0.1) is 19.7 Å². The third-order valence-corrected chi connectivity index (χ3v) is 6.52. The second-order valence-electron chi connectivity index (χ2n) is 8.92. The molecule has 0 amide bonds. The first-order valence-corrected chi connectivity index (χ1v) is 13.3. The Morgan fingerprint density at radius 3 is 2.44 bits per heavy atom. The van der Waals surface area contributed by atoms with Crippen molar-refractivity contribution >= 4 is 42.1 Å². The number of benzene rings is 1. The van der Waals surface area contributed by atoms with E-state index in [4.69, 9.17) is 23.2 Å². The second-order valence-corrected chi connectivity index (χ2v) is 9.84. The molecule has 196 valence electrons. The van der Waals surface area contributed by atoms with Crippen LogP contribution < -0.4 is 10.6 Å². The molecule has 0 aliphatic carbocycles. The predicted molar refractivity (Wildman–Crippen MR) is 159 cm³/mol. The number of rotatable bonds is 9. The van der Waals surface area contributed by atoms with Crippen molar-refractivity contribution in [2.24, 2.45) is 4.99 Å². The van der Waals surface area contributed by atoms with E-state index in [9.17, 15) is 4.39 Å². The summed E-state index contributed by atoms with van der Waals surface area (Å²) < 4.78 is 14.8. The summed E-state index contributed by atoms with van der Waals surface area (Å²) in [5.74, 6) is -0.209.